The van der Waals surface area contributed by atoms with Gasteiger partial charge in [0.1, 0.15) is 0 Å². The quantitative estimate of drug-likeness (QED) is 0.396. The molecule has 0 saturated carbocycles. The van der Waals surface area contributed by atoms with Gasteiger partial charge in [0.15, 0.2) is 6.20 Å². The fourth-order valence-electron chi connectivity index (χ4n) is 3.26. The minimum atomic E-state index is 0.182. The maximum Gasteiger partial charge on any atom is 0.211 e. The van der Waals surface area contributed by atoms with Crippen LogP contribution in [0, 0.1) is 0 Å². The van der Waals surface area contributed by atoms with Crippen LogP contribution in [0.1, 0.15) is 26.3 Å². The highest BCUT2D eigenvalue weighted by atomic mass is 14.7. The molecule has 0 unspecified atom stereocenters. The molecule has 0 bridgehead atoms. The zero-order valence-electron chi connectivity index (χ0n) is 14.4. The number of aromatic nitrogens is 1. The molecule has 0 saturated heterocycles. The Balaban J connectivity index is 1.86. The van der Waals surface area contributed by atoms with E-state index in [1.807, 2.05) is 0 Å². The molecule has 0 atom stereocenters. The lowest BCUT2D eigenvalue weighted by molar-refractivity contribution is -0.362. The molecule has 0 aliphatic rings. The zero-order valence-corrected chi connectivity index (χ0v) is 14.4. The van der Waals surface area contributed by atoms with Gasteiger partial charge in [0.25, 0.3) is 0 Å². The molecule has 3 aromatic carbocycles. The number of hydrogen-bond acceptors (Lipinski definition) is 0. The molecule has 0 spiro atoms. The minimum absolute atomic E-state index is 0.182. The lowest BCUT2D eigenvalue weighted by Gasteiger charge is -2.18. The molecule has 0 radical (unpaired) electrons. The van der Waals surface area contributed by atoms with E-state index in [9.17, 15) is 0 Å². The summed E-state index contributed by atoms with van der Waals surface area (Å²) in [4.78, 5) is 3.45. The maximum absolute atomic E-state index is 3.45. The van der Waals surface area contributed by atoms with E-state index in [-0.39, 0.29) is 5.41 Å². The van der Waals surface area contributed by atoms with Gasteiger partial charge in [-0.1, -0.05) is 63.2 Å². The largest absolute Gasteiger partial charge is 0.211 e. The van der Waals surface area contributed by atoms with Gasteiger partial charge in [0.2, 0.25) is 5.69 Å². The topological polar surface area (TPSA) is 14.1 Å². The number of fused-ring (bicyclic) bond motifs is 3. The summed E-state index contributed by atoms with van der Waals surface area (Å²) in [5.41, 5.74) is 3.91. The Bertz CT molecular complexity index is 1020. The second kappa shape index (κ2) is 5.45. The third kappa shape index (κ3) is 2.56. The summed E-state index contributed by atoms with van der Waals surface area (Å²) in [6, 6.07) is 24.1. The van der Waals surface area contributed by atoms with Gasteiger partial charge in [-0.25, -0.2) is 4.98 Å². The molecule has 0 aliphatic carbocycles. The molecule has 1 N–H and O–H groups in total. The van der Waals surface area contributed by atoms with Crippen molar-refractivity contribution in [3.8, 4) is 11.3 Å². The number of hydrogen-bond donors (Lipinski definition) is 0. The van der Waals surface area contributed by atoms with Gasteiger partial charge in [-0.05, 0) is 39.9 Å². The number of rotatable bonds is 1. The van der Waals surface area contributed by atoms with Crippen molar-refractivity contribution in [1.29, 1.82) is 0 Å². The SMILES string of the molecule is CC(C)(C)c1ccc(-c2cc3c(ccc4ccccc43)c[nH+]2)cc1. The Labute approximate surface area is 143 Å². The first-order valence-electron chi connectivity index (χ1n) is 8.46. The van der Waals surface area contributed by atoms with Crippen LogP contribution in [-0.2, 0) is 5.41 Å². The summed E-state index contributed by atoms with van der Waals surface area (Å²) < 4.78 is 0. The van der Waals surface area contributed by atoms with Crippen molar-refractivity contribution in [3.63, 3.8) is 0 Å². The molecular formula is C23H22N+. The van der Waals surface area contributed by atoms with Crippen LogP contribution in [0.4, 0.5) is 0 Å². The zero-order chi connectivity index (χ0) is 16.7. The van der Waals surface area contributed by atoms with Gasteiger partial charge in [-0.15, -0.1) is 0 Å². The van der Waals surface area contributed by atoms with Gasteiger partial charge in [0, 0.05) is 22.4 Å². The second-order valence-corrected chi connectivity index (χ2v) is 7.46. The van der Waals surface area contributed by atoms with Crippen LogP contribution in [0.3, 0.4) is 0 Å². The Hall–Kier alpha value is -2.67. The van der Waals surface area contributed by atoms with Crippen molar-refractivity contribution < 1.29 is 4.98 Å². The smallest absolute Gasteiger partial charge is 0.210 e. The number of pyridine rings is 1. The first kappa shape index (κ1) is 14.9. The summed E-state index contributed by atoms with van der Waals surface area (Å²) in [6.45, 7) is 6.74. The van der Waals surface area contributed by atoms with Crippen molar-refractivity contribution in [2.24, 2.45) is 0 Å². The predicted octanol–water partition coefficient (Wildman–Crippen LogP) is 5.77. The molecule has 0 fully saturated rings. The Morgan fingerprint density at radius 2 is 1.42 bits per heavy atom. The molecule has 1 aromatic heterocycles. The summed E-state index contributed by atoms with van der Waals surface area (Å²) in [5.74, 6) is 0. The fraction of sp³-hybridized carbons (Fsp3) is 0.174. The van der Waals surface area contributed by atoms with Crippen molar-refractivity contribution in [2.75, 3.05) is 0 Å². The first-order chi connectivity index (χ1) is 11.5. The van der Waals surface area contributed by atoms with Crippen molar-refractivity contribution in [1.82, 2.24) is 0 Å². The fourth-order valence-corrected chi connectivity index (χ4v) is 3.26. The third-order valence-electron chi connectivity index (χ3n) is 4.74. The number of nitrogens with one attached hydrogen (secondary N) is 1. The van der Waals surface area contributed by atoms with Crippen LogP contribution < -0.4 is 4.98 Å². The molecule has 0 aliphatic heterocycles. The van der Waals surface area contributed by atoms with E-state index in [4.69, 9.17) is 0 Å². The highest BCUT2D eigenvalue weighted by Crippen LogP contribution is 2.28. The molecule has 24 heavy (non-hydrogen) atoms. The summed E-state index contributed by atoms with van der Waals surface area (Å²) >= 11 is 0. The lowest BCUT2D eigenvalue weighted by atomic mass is 9.86. The number of benzene rings is 3. The van der Waals surface area contributed by atoms with Crippen LogP contribution in [-0.4, -0.2) is 0 Å². The summed E-state index contributed by atoms with van der Waals surface area (Å²) in [7, 11) is 0. The molecule has 0 amide bonds. The molecule has 1 heteroatoms. The van der Waals surface area contributed by atoms with Crippen molar-refractivity contribution in [3.05, 3.63) is 78.5 Å². The van der Waals surface area contributed by atoms with E-state index < -0.39 is 0 Å². The monoisotopic (exact) mass is 312 g/mol. The van der Waals surface area contributed by atoms with Gasteiger partial charge < -0.3 is 0 Å². The second-order valence-electron chi connectivity index (χ2n) is 7.46. The van der Waals surface area contributed by atoms with E-state index >= 15 is 0 Å². The number of aromatic amines is 1. The summed E-state index contributed by atoms with van der Waals surface area (Å²) in [5, 5.41) is 5.12. The molecular weight excluding hydrogens is 290 g/mol. The summed E-state index contributed by atoms with van der Waals surface area (Å²) in [6.07, 6.45) is 2.11. The molecule has 118 valence electrons. The first-order valence-corrected chi connectivity index (χ1v) is 8.46. The van der Waals surface area contributed by atoms with Crippen LogP contribution in [0.25, 0.3) is 32.8 Å². The molecule has 4 aromatic rings. The standard InChI is InChI=1S/C23H21N/c1-23(2,3)19-12-10-17(11-13-19)22-14-21-18(15-24-22)9-8-16-6-4-5-7-20(16)21/h4-15H,1-3H3/p+1. The van der Waals surface area contributed by atoms with Crippen LogP contribution in [0.5, 0.6) is 0 Å². The van der Waals surface area contributed by atoms with E-state index in [2.05, 4.69) is 98.7 Å². The average Bonchev–Trinajstić information content (AvgIpc) is 2.60. The van der Waals surface area contributed by atoms with Gasteiger partial charge in [0.05, 0.1) is 0 Å². The normalized spacial score (nSPS) is 12.0. The highest BCUT2D eigenvalue weighted by molar-refractivity contribution is 6.07. The van der Waals surface area contributed by atoms with Crippen LogP contribution in [0.2, 0.25) is 0 Å². The van der Waals surface area contributed by atoms with Gasteiger partial charge >= 0.3 is 0 Å². The Morgan fingerprint density at radius 1 is 0.708 bits per heavy atom. The average molecular weight is 312 g/mol. The van der Waals surface area contributed by atoms with Gasteiger partial charge in [-0.2, -0.15) is 0 Å². The van der Waals surface area contributed by atoms with Crippen LogP contribution >= 0.6 is 0 Å². The highest BCUT2D eigenvalue weighted by Gasteiger charge is 2.15. The Morgan fingerprint density at radius 3 is 2.17 bits per heavy atom. The van der Waals surface area contributed by atoms with Crippen molar-refractivity contribution in [2.45, 2.75) is 26.2 Å². The van der Waals surface area contributed by atoms with Crippen molar-refractivity contribution >= 4 is 21.5 Å². The Kier molecular flexibility index (Phi) is 3.38. The van der Waals surface area contributed by atoms with E-state index in [0.717, 1.165) is 5.69 Å². The van der Waals surface area contributed by atoms with E-state index in [1.54, 1.807) is 0 Å². The van der Waals surface area contributed by atoms with E-state index in [1.165, 1.54) is 32.7 Å². The third-order valence-corrected chi connectivity index (χ3v) is 4.74. The molecule has 1 nitrogen and oxygen atoms in total. The van der Waals surface area contributed by atoms with Gasteiger partial charge in [-0.3, -0.25) is 0 Å². The lowest BCUT2D eigenvalue weighted by Crippen LogP contribution is -2.11. The molecule has 1 heterocycles. The number of H-pyrrole nitrogens is 1. The molecule has 4 rings (SSSR count). The predicted molar refractivity (Wildman–Crippen MR) is 102 cm³/mol. The maximum atomic E-state index is 3.45. The van der Waals surface area contributed by atoms with Crippen LogP contribution in [0.15, 0.2) is 72.9 Å². The minimum Gasteiger partial charge on any atom is -0.210 e. The van der Waals surface area contributed by atoms with E-state index in [0.29, 0.717) is 0 Å².